The van der Waals surface area contributed by atoms with Gasteiger partial charge in [-0.15, -0.1) is 0 Å². The van der Waals surface area contributed by atoms with Gasteiger partial charge in [0.05, 0.1) is 16.9 Å². The maximum atomic E-state index is 6.02. The van der Waals surface area contributed by atoms with E-state index in [1.54, 1.807) is 6.20 Å². The zero-order valence-electron chi connectivity index (χ0n) is 13.3. The first kappa shape index (κ1) is 15.9. The van der Waals surface area contributed by atoms with Gasteiger partial charge in [0, 0.05) is 18.3 Å². The van der Waals surface area contributed by atoms with E-state index in [4.69, 9.17) is 20.8 Å². The Morgan fingerprint density at radius 1 is 1.29 bits per heavy atom. The summed E-state index contributed by atoms with van der Waals surface area (Å²) < 4.78 is 12.0. The van der Waals surface area contributed by atoms with Crippen LogP contribution < -0.4 is 11.5 Å². The van der Waals surface area contributed by atoms with E-state index in [0.29, 0.717) is 6.54 Å². The summed E-state index contributed by atoms with van der Waals surface area (Å²) in [5, 5.41) is 0. The van der Waals surface area contributed by atoms with E-state index in [1.165, 1.54) is 0 Å². The molecule has 0 aromatic carbocycles. The van der Waals surface area contributed by atoms with Gasteiger partial charge >= 0.3 is 7.12 Å². The maximum Gasteiger partial charge on any atom is 0.491 e. The van der Waals surface area contributed by atoms with Crippen molar-refractivity contribution in [1.29, 1.82) is 0 Å². The number of nitrogens with two attached hydrogens (primary N) is 2. The summed E-state index contributed by atoms with van der Waals surface area (Å²) in [5.74, 6) is 0.259. The molecular weight excluding hydrogens is 267 g/mol. The molecule has 0 amide bonds. The molecule has 1 aliphatic heterocycles. The van der Waals surface area contributed by atoms with Crippen molar-refractivity contribution in [2.75, 3.05) is 12.3 Å². The Morgan fingerprint density at radius 3 is 2.33 bits per heavy atom. The van der Waals surface area contributed by atoms with E-state index in [0.717, 1.165) is 16.7 Å². The van der Waals surface area contributed by atoms with Crippen LogP contribution in [0.1, 0.15) is 39.0 Å². The molecule has 1 aromatic heterocycles. The third kappa shape index (κ3) is 3.10. The molecule has 0 bridgehead atoms. The van der Waals surface area contributed by atoms with E-state index in [2.05, 4.69) is 9.97 Å². The summed E-state index contributed by atoms with van der Waals surface area (Å²) in [5.41, 5.74) is 13.2. The van der Waals surface area contributed by atoms with Crippen molar-refractivity contribution >= 4 is 19.1 Å². The highest BCUT2D eigenvalue weighted by molar-refractivity contribution is 6.55. The Balaban J connectivity index is 2.31. The molecule has 21 heavy (non-hydrogen) atoms. The van der Waals surface area contributed by atoms with Crippen molar-refractivity contribution in [2.24, 2.45) is 5.73 Å². The van der Waals surface area contributed by atoms with Crippen LogP contribution in [-0.4, -0.2) is 34.8 Å². The number of nitrogens with zero attached hydrogens (tertiary/aromatic N) is 2. The van der Waals surface area contributed by atoms with Gasteiger partial charge in [-0.05, 0) is 40.1 Å². The van der Waals surface area contributed by atoms with Crippen LogP contribution in [0.2, 0.25) is 0 Å². The van der Waals surface area contributed by atoms with Crippen LogP contribution >= 0.6 is 0 Å². The predicted octanol–water partition coefficient (Wildman–Crippen LogP) is 1.34. The normalized spacial score (nSPS) is 20.9. The number of aromatic nitrogens is 2. The summed E-state index contributed by atoms with van der Waals surface area (Å²) in [6.07, 6.45) is 3.59. The summed E-state index contributed by atoms with van der Waals surface area (Å²) in [6, 6.07) is 0. The highest BCUT2D eigenvalue weighted by Gasteiger charge is 2.52. The van der Waals surface area contributed by atoms with Gasteiger partial charge in [0.25, 0.3) is 0 Å². The standard InChI is InChI=1S/C14H23BN4O2/c1-9-10(8-18-12(17)19-9)6-11(7-16)15-20-13(2,3)14(4,5)21-15/h6,8H,7,16H2,1-5H3,(H2,17,18,19). The minimum absolute atomic E-state index is 0.259. The third-order valence-electron chi connectivity index (χ3n) is 4.17. The summed E-state index contributed by atoms with van der Waals surface area (Å²) >= 11 is 0. The van der Waals surface area contributed by atoms with Crippen LogP contribution in [0.15, 0.2) is 11.7 Å². The molecule has 0 radical (unpaired) electrons. The first-order chi connectivity index (χ1) is 9.66. The lowest BCUT2D eigenvalue weighted by molar-refractivity contribution is 0.00578. The largest absolute Gasteiger partial charge is 0.491 e. The first-order valence-electron chi connectivity index (χ1n) is 7.01. The molecule has 1 fully saturated rings. The third-order valence-corrected chi connectivity index (χ3v) is 4.17. The smallest absolute Gasteiger partial charge is 0.400 e. The average Bonchev–Trinajstić information content (AvgIpc) is 2.57. The minimum Gasteiger partial charge on any atom is -0.400 e. The van der Waals surface area contributed by atoms with Crippen molar-refractivity contribution in [3.63, 3.8) is 0 Å². The summed E-state index contributed by atoms with van der Waals surface area (Å²) in [4.78, 5) is 8.16. The SMILES string of the molecule is Cc1nc(N)ncc1C=C(CN)B1OC(C)(C)C(C)(C)O1. The second-order valence-corrected chi connectivity index (χ2v) is 6.28. The van der Waals surface area contributed by atoms with Crippen LogP contribution in [-0.2, 0) is 9.31 Å². The molecule has 1 aliphatic rings. The second-order valence-electron chi connectivity index (χ2n) is 6.28. The highest BCUT2D eigenvalue weighted by atomic mass is 16.7. The fourth-order valence-electron chi connectivity index (χ4n) is 2.05. The molecule has 0 saturated carbocycles. The number of hydrogen-bond acceptors (Lipinski definition) is 6. The van der Waals surface area contributed by atoms with E-state index in [-0.39, 0.29) is 5.95 Å². The molecule has 1 saturated heterocycles. The van der Waals surface area contributed by atoms with E-state index in [9.17, 15) is 0 Å². The molecule has 114 valence electrons. The number of hydrogen-bond donors (Lipinski definition) is 2. The fraction of sp³-hybridized carbons (Fsp3) is 0.571. The van der Waals surface area contributed by atoms with Gasteiger partial charge < -0.3 is 20.8 Å². The Bertz CT molecular complexity index is 556. The van der Waals surface area contributed by atoms with Gasteiger partial charge in [-0.3, -0.25) is 0 Å². The van der Waals surface area contributed by atoms with Crippen molar-refractivity contribution in [2.45, 2.75) is 45.8 Å². The van der Waals surface area contributed by atoms with Crippen LogP contribution in [0.25, 0.3) is 6.08 Å². The van der Waals surface area contributed by atoms with Crippen LogP contribution in [0, 0.1) is 6.92 Å². The fourth-order valence-corrected chi connectivity index (χ4v) is 2.05. The Hall–Kier alpha value is -1.44. The highest BCUT2D eigenvalue weighted by Crippen LogP contribution is 2.38. The van der Waals surface area contributed by atoms with Gasteiger partial charge in [-0.25, -0.2) is 9.97 Å². The predicted molar refractivity (Wildman–Crippen MR) is 84.3 cm³/mol. The van der Waals surface area contributed by atoms with Crippen LogP contribution in [0.3, 0.4) is 0 Å². The van der Waals surface area contributed by atoms with E-state index >= 15 is 0 Å². The van der Waals surface area contributed by atoms with Crippen molar-refractivity contribution < 1.29 is 9.31 Å². The maximum absolute atomic E-state index is 6.02. The lowest BCUT2D eigenvalue weighted by Gasteiger charge is -2.32. The van der Waals surface area contributed by atoms with E-state index < -0.39 is 18.3 Å². The lowest BCUT2D eigenvalue weighted by Crippen LogP contribution is -2.41. The van der Waals surface area contributed by atoms with Gasteiger partial charge in [-0.2, -0.15) is 0 Å². The molecular formula is C14H23BN4O2. The molecule has 0 unspecified atom stereocenters. The van der Waals surface area contributed by atoms with Crippen molar-refractivity contribution in [3.05, 3.63) is 22.9 Å². The number of nitrogen functional groups attached to an aromatic ring is 1. The Labute approximate surface area is 126 Å². The van der Waals surface area contributed by atoms with Gasteiger partial charge in [0.2, 0.25) is 5.95 Å². The van der Waals surface area contributed by atoms with Crippen LogP contribution in [0.4, 0.5) is 5.95 Å². The second kappa shape index (κ2) is 5.40. The van der Waals surface area contributed by atoms with Crippen LogP contribution in [0.5, 0.6) is 0 Å². The monoisotopic (exact) mass is 290 g/mol. The Kier molecular flexibility index (Phi) is 4.10. The molecule has 0 aliphatic carbocycles. The number of aryl methyl sites for hydroxylation is 1. The summed E-state index contributed by atoms with van der Waals surface area (Å²) in [7, 11) is -0.461. The van der Waals surface area contributed by atoms with Gasteiger partial charge in [0.15, 0.2) is 0 Å². The molecule has 2 heterocycles. The average molecular weight is 290 g/mol. The molecule has 0 spiro atoms. The molecule has 0 atom stereocenters. The number of rotatable bonds is 3. The van der Waals surface area contributed by atoms with Gasteiger partial charge in [0.1, 0.15) is 0 Å². The zero-order chi connectivity index (χ0) is 15.8. The molecule has 1 aromatic rings. The molecule has 4 N–H and O–H groups in total. The zero-order valence-corrected chi connectivity index (χ0v) is 13.3. The Morgan fingerprint density at radius 2 is 1.86 bits per heavy atom. The molecule has 6 nitrogen and oxygen atoms in total. The summed E-state index contributed by atoms with van der Waals surface area (Å²) in [6.45, 7) is 10.3. The number of anilines is 1. The topological polar surface area (TPSA) is 96.3 Å². The van der Waals surface area contributed by atoms with Gasteiger partial charge in [-0.1, -0.05) is 6.08 Å². The van der Waals surface area contributed by atoms with Crippen molar-refractivity contribution in [1.82, 2.24) is 9.97 Å². The van der Waals surface area contributed by atoms with Crippen molar-refractivity contribution in [3.8, 4) is 0 Å². The van der Waals surface area contributed by atoms with E-state index in [1.807, 2.05) is 40.7 Å². The molecule has 2 rings (SSSR count). The quantitative estimate of drug-likeness (QED) is 0.815. The lowest BCUT2D eigenvalue weighted by atomic mass is 9.77. The molecule has 7 heteroatoms. The first-order valence-corrected chi connectivity index (χ1v) is 7.01. The minimum atomic E-state index is -0.461.